The molecule has 8 heteroatoms. The SMILES string of the molecule is C=CCOc1ccccc1CN(C(=O)CN1CCC(C(N)=O)CC1)c1ccc2c(c1)OCO2. The Morgan fingerprint density at radius 3 is 2.67 bits per heavy atom. The molecule has 1 fully saturated rings. The molecule has 33 heavy (non-hydrogen) atoms. The number of nitrogens with zero attached hydrogens (tertiary/aromatic N) is 2. The zero-order valence-corrected chi connectivity index (χ0v) is 18.6. The number of carbonyl (C=O) groups is 2. The van der Waals surface area contributed by atoms with Crippen molar-refractivity contribution in [1.29, 1.82) is 0 Å². The summed E-state index contributed by atoms with van der Waals surface area (Å²) in [5, 5.41) is 0. The van der Waals surface area contributed by atoms with Crippen LogP contribution in [0, 0.1) is 5.92 Å². The Balaban J connectivity index is 1.55. The topological polar surface area (TPSA) is 94.3 Å². The van der Waals surface area contributed by atoms with Crippen molar-refractivity contribution in [2.24, 2.45) is 11.7 Å². The van der Waals surface area contributed by atoms with Crippen molar-refractivity contribution < 1.29 is 23.8 Å². The molecule has 2 N–H and O–H groups in total. The molecule has 174 valence electrons. The third kappa shape index (κ3) is 5.46. The molecule has 2 amide bonds. The first-order valence-electron chi connectivity index (χ1n) is 11.1. The Hall–Kier alpha value is -3.52. The maximum atomic E-state index is 13.5. The predicted molar refractivity (Wildman–Crippen MR) is 124 cm³/mol. The Morgan fingerprint density at radius 1 is 1.15 bits per heavy atom. The van der Waals surface area contributed by atoms with Crippen molar-refractivity contribution >= 4 is 17.5 Å². The van der Waals surface area contributed by atoms with Crippen LogP contribution in [0.25, 0.3) is 0 Å². The van der Waals surface area contributed by atoms with Crippen molar-refractivity contribution in [2.75, 3.05) is 37.9 Å². The molecule has 0 aliphatic carbocycles. The van der Waals surface area contributed by atoms with Crippen LogP contribution >= 0.6 is 0 Å². The first-order valence-corrected chi connectivity index (χ1v) is 11.1. The van der Waals surface area contributed by atoms with Crippen LogP contribution in [0.1, 0.15) is 18.4 Å². The van der Waals surface area contributed by atoms with E-state index in [1.165, 1.54) is 0 Å². The van der Waals surface area contributed by atoms with Crippen LogP contribution in [-0.4, -0.2) is 49.7 Å². The highest BCUT2D eigenvalue weighted by Crippen LogP contribution is 2.36. The van der Waals surface area contributed by atoms with Gasteiger partial charge in [0, 0.05) is 23.2 Å². The van der Waals surface area contributed by atoms with E-state index in [1.807, 2.05) is 42.5 Å². The fourth-order valence-electron chi connectivity index (χ4n) is 4.12. The molecule has 2 heterocycles. The van der Waals surface area contributed by atoms with Crippen molar-refractivity contribution in [3.63, 3.8) is 0 Å². The largest absolute Gasteiger partial charge is 0.489 e. The van der Waals surface area contributed by atoms with Gasteiger partial charge in [0.15, 0.2) is 11.5 Å². The van der Waals surface area contributed by atoms with Crippen molar-refractivity contribution in [2.45, 2.75) is 19.4 Å². The number of ether oxygens (including phenoxy) is 3. The molecule has 0 bridgehead atoms. The summed E-state index contributed by atoms with van der Waals surface area (Å²) in [5.41, 5.74) is 7.05. The zero-order chi connectivity index (χ0) is 23.2. The number of hydrogen-bond donors (Lipinski definition) is 1. The van der Waals surface area contributed by atoms with Crippen LogP contribution in [0.4, 0.5) is 5.69 Å². The van der Waals surface area contributed by atoms with Gasteiger partial charge in [0.1, 0.15) is 12.4 Å². The van der Waals surface area contributed by atoms with Gasteiger partial charge in [-0.1, -0.05) is 30.9 Å². The minimum absolute atomic E-state index is 0.0510. The van der Waals surface area contributed by atoms with Gasteiger partial charge in [-0.05, 0) is 44.1 Å². The standard InChI is InChI=1S/C25H29N3O5/c1-2-13-31-21-6-4-3-5-19(21)15-28(20-7-8-22-23(14-20)33-17-32-22)24(29)16-27-11-9-18(10-12-27)25(26)30/h2-8,14,18H,1,9-13,15-17H2,(H2,26,30). The summed E-state index contributed by atoms with van der Waals surface area (Å²) in [6, 6.07) is 13.2. The van der Waals surface area contributed by atoms with E-state index in [0.717, 1.165) is 11.3 Å². The summed E-state index contributed by atoms with van der Waals surface area (Å²) in [6.45, 7) is 6.15. The first kappa shape index (κ1) is 22.7. The van der Waals surface area contributed by atoms with Crippen LogP contribution in [0.2, 0.25) is 0 Å². The van der Waals surface area contributed by atoms with E-state index in [0.29, 0.717) is 56.3 Å². The molecule has 0 aromatic heterocycles. The summed E-state index contributed by atoms with van der Waals surface area (Å²) < 4.78 is 16.8. The van der Waals surface area contributed by atoms with Crippen molar-refractivity contribution in [1.82, 2.24) is 4.90 Å². The molecule has 0 radical (unpaired) electrons. The number of para-hydroxylation sites is 1. The number of hydrogen-bond acceptors (Lipinski definition) is 6. The Morgan fingerprint density at radius 2 is 1.91 bits per heavy atom. The van der Waals surface area contributed by atoms with E-state index in [4.69, 9.17) is 19.9 Å². The quantitative estimate of drug-likeness (QED) is 0.589. The smallest absolute Gasteiger partial charge is 0.241 e. The molecule has 0 saturated carbocycles. The number of rotatable bonds is 9. The molecule has 0 unspecified atom stereocenters. The number of benzene rings is 2. The number of primary amides is 1. The van der Waals surface area contributed by atoms with Crippen LogP contribution in [-0.2, 0) is 16.1 Å². The highest BCUT2D eigenvalue weighted by molar-refractivity contribution is 5.95. The van der Waals surface area contributed by atoms with E-state index in [9.17, 15) is 9.59 Å². The molecule has 8 nitrogen and oxygen atoms in total. The first-order chi connectivity index (χ1) is 16.0. The molecule has 2 aromatic rings. The lowest BCUT2D eigenvalue weighted by Gasteiger charge is -2.32. The normalized spacial score (nSPS) is 15.8. The lowest BCUT2D eigenvalue weighted by Crippen LogP contribution is -2.45. The van der Waals surface area contributed by atoms with Gasteiger partial charge < -0.3 is 24.8 Å². The summed E-state index contributed by atoms with van der Waals surface area (Å²) in [4.78, 5) is 28.8. The molecule has 2 aliphatic heterocycles. The lowest BCUT2D eigenvalue weighted by atomic mass is 9.96. The lowest BCUT2D eigenvalue weighted by molar-refractivity contribution is -0.123. The number of fused-ring (bicyclic) bond motifs is 1. The fourth-order valence-corrected chi connectivity index (χ4v) is 4.12. The number of carbonyl (C=O) groups excluding carboxylic acids is 2. The van der Waals surface area contributed by atoms with Gasteiger partial charge in [-0.3, -0.25) is 14.5 Å². The van der Waals surface area contributed by atoms with Crippen LogP contribution < -0.4 is 24.8 Å². The zero-order valence-electron chi connectivity index (χ0n) is 18.6. The third-order valence-electron chi connectivity index (χ3n) is 5.98. The Bertz CT molecular complexity index is 1020. The Kier molecular flexibility index (Phi) is 7.14. The average molecular weight is 452 g/mol. The highest BCUT2D eigenvalue weighted by atomic mass is 16.7. The predicted octanol–water partition coefficient (Wildman–Crippen LogP) is 2.71. The highest BCUT2D eigenvalue weighted by Gasteiger charge is 2.27. The molecule has 0 atom stereocenters. The van der Waals surface area contributed by atoms with Gasteiger partial charge in [-0.25, -0.2) is 0 Å². The molecule has 1 saturated heterocycles. The third-order valence-corrected chi connectivity index (χ3v) is 5.98. The maximum absolute atomic E-state index is 13.5. The Labute approximate surface area is 193 Å². The number of piperidine rings is 1. The van der Waals surface area contributed by atoms with Crippen LogP contribution in [0.3, 0.4) is 0 Å². The van der Waals surface area contributed by atoms with Gasteiger partial charge in [-0.15, -0.1) is 0 Å². The summed E-state index contributed by atoms with van der Waals surface area (Å²) in [6.07, 6.45) is 3.03. The van der Waals surface area contributed by atoms with Gasteiger partial charge in [0.2, 0.25) is 18.6 Å². The molecule has 0 spiro atoms. The van der Waals surface area contributed by atoms with E-state index in [-0.39, 0.29) is 31.1 Å². The maximum Gasteiger partial charge on any atom is 0.241 e. The molecular formula is C25H29N3O5. The van der Waals surface area contributed by atoms with E-state index < -0.39 is 0 Å². The van der Waals surface area contributed by atoms with Crippen molar-refractivity contribution in [3.05, 3.63) is 60.7 Å². The van der Waals surface area contributed by atoms with Gasteiger partial charge in [0.05, 0.1) is 13.1 Å². The van der Waals surface area contributed by atoms with Crippen molar-refractivity contribution in [3.8, 4) is 17.2 Å². The van der Waals surface area contributed by atoms with E-state index >= 15 is 0 Å². The van der Waals surface area contributed by atoms with Gasteiger partial charge >= 0.3 is 0 Å². The summed E-state index contributed by atoms with van der Waals surface area (Å²) in [5.74, 6) is 1.55. The second kappa shape index (κ2) is 10.4. The van der Waals surface area contributed by atoms with E-state index in [2.05, 4.69) is 11.5 Å². The van der Waals surface area contributed by atoms with Crippen LogP contribution in [0.15, 0.2) is 55.1 Å². The van der Waals surface area contributed by atoms with E-state index in [1.54, 1.807) is 11.0 Å². The average Bonchev–Trinajstić information content (AvgIpc) is 3.30. The number of amides is 2. The number of anilines is 1. The number of nitrogens with two attached hydrogens (primary N) is 1. The molecule has 2 aromatic carbocycles. The van der Waals surface area contributed by atoms with Crippen LogP contribution in [0.5, 0.6) is 17.2 Å². The second-order valence-corrected chi connectivity index (χ2v) is 8.18. The van der Waals surface area contributed by atoms with Gasteiger partial charge in [0.25, 0.3) is 0 Å². The summed E-state index contributed by atoms with van der Waals surface area (Å²) in [7, 11) is 0. The number of likely N-dealkylation sites (tertiary alicyclic amines) is 1. The fraction of sp³-hybridized carbons (Fsp3) is 0.360. The summed E-state index contributed by atoms with van der Waals surface area (Å²) >= 11 is 0. The monoisotopic (exact) mass is 451 g/mol. The minimum atomic E-state index is -0.265. The van der Waals surface area contributed by atoms with Gasteiger partial charge in [-0.2, -0.15) is 0 Å². The molecular weight excluding hydrogens is 422 g/mol. The molecule has 2 aliphatic rings. The second-order valence-electron chi connectivity index (χ2n) is 8.18. The minimum Gasteiger partial charge on any atom is -0.489 e. The molecule has 4 rings (SSSR count).